The summed E-state index contributed by atoms with van der Waals surface area (Å²) in [5.74, 6) is -0.151. The summed E-state index contributed by atoms with van der Waals surface area (Å²) in [7, 11) is 0. The number of nitrogens with zero attached hydrogens (tertiary/aromatic N) is 1. The number of nitrogens with two attached hydrogens (primary N) is 1. The van der Waals surface area contributed by atoms with E-state index in [1.165, 1.54) is 12.8 Å². The van der Waals surface area contributed by atoms with Gasteiger partial charge < -0.3 is 20.7 Å². The predicted molar refractivity (Wildman–Crippen MR) is 78.9 cm³/mol. The monoisotopic (exact) mass is 275 g/mol. The third-order valence-electron chi connectivity index (χ3n) is 4.10. The molecule has 0 aliphatic carbocycles. The Bertz CT molecular complexity index is 492. The minimum Gasteiger partial charge on any atom is -0.379 e. The number of para-hydroxylation sites is 2. The topological polar surface area (TPSA) is 67.6 Å². The molecule has 1 atom stereocenters. The molecule has 2 fully saturated rings. The van der Waals surface area contributed by atoms with Crippen LogP contribution in [0.25, 0.3) is 0 Å². The summed E-state index contributed by atoms with van der Waals surface area (Å²) in [6.07, 6.45) is 2.98. The van der Waals surface area contributed by atoms with E-state index in [1.807, 2.05) is 18.2 Å². The lowest BCUT2D eigenvalue weighted by atomic mass is 9.99. The fourth-order valence-corrected chi connectivity index (χ4v) is 2.82. The first-order valence-corrected chi connectivity index (χ1v) is 7.21. The van der Waals surface area contributed by atoms with Gasteiger partial charge in [-0.25, -0.2) is 0 Å². The van der Waals surface area contributed by atoms with E-state index in [0.717, 1.165) is 24.5 Å². The molecule has 5 nitrogen and oxygen atoms in total. The average Bonchev–Trinajstić information content (AvgIpc) is 3.11. The van der Waals surface area contributed by atoms with Gasteiger partial charge in [-0.15, -0.1) is 0 Å². The van der Waals surface area contributed by atoms with Crippen molar-refractivity contribution in [3.05, 3.63) is 24.3 Å². The molecule has 0 bridgehead atoms. The number of hydrogen-bond donors (Lipinski definition) is 2. The van der Waals surface area contributed by atoms with E-state index < -0.39 is 5.54 Å². The average molecular weight is 275 g/mol. The molecule has 1 aromatic rings. The number of ether oxygens (including phenoxy) is 1. The van der Waals surface area contributed by atoms with Gasteiger partial charge >= 0.3 is 0 Å². The Balaban J connectivity index is 1.78. The van der Waals surface area contributed by atoms with Crippen LogP contribution in [-0.2, 0) is 9.53 Å². The lowest BCUT2D eigenvalue weighted by Gasteiger charge is -2.25. The van der Waals surface area contributed by atoms with E-state index in [2.05, 4.69) is 16.3 Å². The fourth-order valence-electron chi connectivity index (χ4n) is 2.82. The summed E-state index contributed by atoms with van der Waals surface area (Å²) in [4.78, 5) is 14.7. The Morgan fingerprint density at radius 2 is 2.05 bits per heavy atom. The van der Waals surface area contributed by atoms with Crippen LogP contribution in [0.3, 0.4) is 0 Å². The minimum atomic E-state index is -0.891. The van der Waals surface area contributed by atoms with Gasteiger partial charge in [0, 0.05) is 19.7 Å². The van der Waals surface area contributed by atoms with Gasteiger partial charge in [0.1, 0.15) is 5.54 Å². The van der Waals surface area contributed by atoms with Crippen molar-refractivity contribution in [3.8, 4) is 0 Å². The molecular weight excluding hydrogens is 254 g/mol. The number of hydrogen-bond acceptors (Lipinski definition) is 4. The maximum absolute atomic E-state index is 12.4. The van der Waals surface area contributed by atoms with Crippen molar-refractivity contribution in [3.63, 3.8) is 0 Å². The van der Waals surface area contributed by atoms with Crippen molar-refractivity contribution in [1.82, 2.24) is 0 Å². The van der Waals surface area contributed by atoms with E-state index in [4.69, 9.17) is 10.5 Å². The van der Waals surface area contributed by atoms with Gasteiger partial charge in [0.15, 0.2) is 0 Å². The highest BCUT2D eigenvalue weighted by Gasteiger charge is 2.38. The van der Waals surface area contributed by atoms with Crippen molar-refractivity contribution < 1.29 is 9.53 Å². The third kappa shape index (κ3) is 2.51. The van der Waals surface area contributed by atoms with Crippen molar-refractivity contribution in [1.29, 1.82) is 0 Å². The summed E-state index contributed by atoms with van der Waals surface area (Å²) >= 11 is 0. The Hall–Kier alpha value is -1.59. The van der Waals surface area contributed by atoms with Crippen molar-refractivity contribution in [2.45, 2.75) is 24.8 Å². The standard InChI is InChI=1S/C15H21N3O2/c16-15(7-10-20-11-15)14(19)17-12-5-1-2-6-13(12)18-8-3-4-9-18/h1-2,5-6H,3-4,7-11,16H2,(H,17,19). The van der Waals surface area contributed by atoms with Gasteiger partial charge in [-0.2, -0.15) is 0 Å². The molecule has 2 heterocycles. The molecule has 1 amide bonds. The molecule has 2 aliphatic heterocycles. The number of rotatable bonds is 3. The summed E-state index contributed by atoms with van der Waals surface area (Å²) in [5.41, 5.74) is 7.14. The summed E-state index contributed by atoms with van der Waals surface area (Å²) < 4.78 is 5.25. The molecular formula is C15H21N3O2. The van der Waals surface area contributed by atoms with Gasteiger partial charge in [0.25, 0.3) is 0 Å². The largest absolute Gasteiger partial charge is 0.379 e. The molecule has 0 aromatic heterocycles. The molecule has 1 aromatic carbocycles. The second-order valence-electron chi connectivity index (χ2n) is 5.62. The first-order valence-electron chi connectivity index (χ1n) is 7.21. The van der Waals surface area contributed by atoms with Gasteiger partial charge in [0.2, 0.25) is 5.91 Å². The quantitative estimate of drug-likeness (QED) is 0.873. The molecule has 0 radical (unpaired) electrons. The summed E-state index contributed by atoms with van der Waals surface area (Å²) in [6, 6.07) is 7.92. The number of anilines is 2. The highest BCUT2D eigenvalue weighted by Crippen LogP contribution is 2.29. The van der Waals surface area contributed by atoms with E-state index in [1.54, 1.807) is 0 Å². The molecule has 0 spiro atoms. The summed E-state index contributed by atoms with van der Waals surface area (Å²) in [5, 5.41) is 2.98. The Kier molecular flexibility index (Phi) is 3.63. The van der Waals surface area contributed by atoms with E-state index in [0.29, 0.717) is 19.6 Å². The molecule has 3 rings (SSSR count). The maximum atomic E-state index is 12.4. The summed E-state index contributed by atoms with van der Waals surface area (Å²) in [6.45, 7) is 2.94. The van der Waals surface area contributed by atoms with Crippen molar-refractivity contribution in [2.24, 2.45) is 5.73 Å². The third-order valence-corrected chi connectivity index (χ3v) is 4.10. The smallest absolute Gasteiger partial charge is 0.247 e. The number of amides is 1. The predicted octanol–water partition coefficient (Wildman–Crippen LogP) is 1.34. The molecule has 5 heteroatoms. The van der Waals surface area contributed by atoms with Crippen LogP contribution < -0.4 is 16.0 Å². The van der Waals surface area contributed by atoms with Crippen LogP contribution in [0.15, 0.2) is 24.3 Å². The van der Waals surface area contributed by atoms with E-state index in [-0.39, 0.29) is 5.91 Å². The molecule has 2 aliphatic rings. The maximum Gasteiger partial charge on any atom is 0.247 e. The van der Waals surface area contributed by atoms with Crippen molar-refractivity contribution >= 4 is 17.3 Å². The van der Waals surface area contributed by atoms with E-state index in [9.17, 15) is 4.79 Å². The van der Waals surface area contributed by atoms with Gasteiger partial charge in [0.05, 0.1) is 18.0 Å². The van der Waals surface area contributed by atoms with Crippen LogP contribution in [-0.4, -0.2) is 37.7 Å². The first-order chi connectivity index (χ1) is 9.69. The lowest BCUT2D eigenvalue weighted by molar-refractivity contribution is -0.121. The molecule has 1 unspecified atom stereocenters. The first kappa shape index (κ1) is 13.4. The minimum absolute atomic E-state index is 0.151. The molecule has 108 valence electrons. The number of benzene rings is 1. The lowest BCUT2D eigenvalue weighted by Crippen LogP contribution is -2.51. The zero-order valence-corrected chi connectivity index (χ0v) is 11.6. The van der Waals surface area contributed by atoms with Crippen LogP contribution >= 0.6 is 0 Å². The van der Waals surface area contributed by atoms with Gasteiger partial charge in [-0.1, -0.05) is 12.1 Å². The normalized spacial score (nSPS) is 25.9. The van der Waals surface area contributed by atoms with E-state index >= 15 is 0 Å². The highest BCUT2D eigenvalue weighted by molar-refractivity contribution is 6.00. The van der Waals surface area contributed by atoms with Crippen LogP contribution in [0.1, 0.15) is 19.3 Å². The second-order valence-corrected chi connectivity index (χ2v) is 5.62. The van der Waals surface area contributed by atoms with Crippen LogP contribution in [0.2, 0.25) is 0 Å². The fraction of sp³-hybridized carbons (Fsp3) is 0.533. The van der Waals surface area contributed by atoms with Crippen LogP contribution in [0.4, 0.5) is 11.4 Å². The van der Waals surface area contributed by atoms with Crippen LogP contribution in [0.5, 0.6) is 0 Å². The number of nitrogens with one attached hydrogen (secondary N) is 1. The highest BCUT2D eigenvalue weighted by atomic mass is 16.5. The van der Waals surface area contributed by atoms with Crippen LogP contribution in [0, 0.1) is 0 Å². The second kappa shape index (κ2) is 5.42. The Morgan fingerprint density at radius 1 is 1.30 bits per heavy atom. The zero-order chi connectivity index (χ0) is 14.0. The molecule has 20 heavy (non-hydrogen) atoms. The van der Waals surface area contributed by atoms with Gasteiger partial charge in [-0.3, -0.25) is 4.79 Å². The molecule has 3 N–H and O–H groups in total. The zero-order valence-electron chi connectivity index (χ0n) is 11.6. The Labute approximate surface area is 119 Å². The van der Waals surface area contributed by atoms with Crippen molar-refractivity contribution in [2.75, 3.05) is 36.5 Å². The SMILES string of the molecule is NC1(C(=O)Nc2ccccc2N2CCCC2)CCOC1. The number of carbonyl (C=O) groups is 1. The number of carbonyl (C=O) groups excluding carboxylic acids is 1. The Morgan fingerprint density at radius 3 is 2.75 bits per heavy atom. The molecule has 0 saturated carbocycles. The van der Waals surface area contributed by atoms with Gasteiger partial charge in [-0.05, 0) is 31.4 Å². The molecule has 2 saturated heterocycles.